The lowest BCUT2D eigenvalue weighted by Crippen LogP contribution is -2.67. The Balaban J connectivity index is 1.42. The molecule has 3 fully saturated rings. The van der Waals surface area contributed by atoms with Gasteiger partial charge < -0.3 is 14.4 Å². The van der Waals surface area contributed by atoms with Crippen LogP contribution in [-0.4, -0.2) is 48.8 Å². The van der Waals surface area contributed by atoms with Crippen LogP contribution >= 0.6 is 0 Å². The Hall–Kier alpha value is -0.610. The van der Waals surface area contributed by atoms with Gasteiger partial charge in [0.2, 0.25) is 5.91 Å². The monoisotopic (exact) mass is 295 g/mol. The third-order valence-electron chi connectivity index (χ3n) is 5.26. The van der Waals surface area contributed by atoms with E-state index in [-0.39, 0.29) is 11.5 Å². The van der Waals surface area contributed by atoms with E-state index in [0.29, 0.717) is 12.5 Å². The van der Waals surface area contributed by atoms with Crippen molar-refractivity contribution in [1.82, 2.24) is 4.90 Å². The molecular weight excluding hydrogens is 266 g/mol. The Bertz CT molecular complexity index is 359. The molecule has 1 spiro atoms. The third kappa shape index (κ3) is 3.59. The molecular formula is C17H29NO3. The SMILES string of the molecule is CCCC(=O)N1CC2(C[C@@H](OCC3CCCC3)CCO2)C1. The summed E-state index contributed by atoms with van der Waals surface area (Å²) in [7, 11) is 0. The van der Waals surface area contributed by atoms with Crippen LogP contribution in [0, 0.1) is 5.92 Å². The van der Waals surface area contributed by atoms with Gasteiger partial charge in [0, 0.05) is 26.1 Å². The van der Waals surface area contributed by atoms with Gasteiger partial charge in [-0.15, -0.1) is 0 Å². The minimum Gasteiger partial charge on any atom is -0.378 e. The first-order chi connectivity index (χ1) is 10.2. The van der Waals surface area contributed by atoms with Crippen LogP contribution in [0.15, 0.2) is 0 Å². The molecule has 1 amide bonds. The van der Waals surface area contributed by atoms with Gasteiger partial charge >= 0.3 is 0 Å². The van der Waals surface area contributed by atoms with Crippen LogP contribution in [0.4, 0.5) is 0 Å². The zero-order chi connectivity index (χ0) is 14.7. The number of hydrogen-bond acceptors (Lipinski definition) is 3. The van der Waals surface area contributed by atoms with E-state index in [1.165, 1.54) is 25.7 Å². The van der Waals surface area contributed by atoms with E-state index in [2.05, 4.69) is 6.92 Å². The fourth-order valence-corrected chi connectivity index (χ4v) is 3.99. The van der Waals surface area contributed by atoms with Crippen molar-refractivity contribution in [2.45, 2.75) is 70.0 Å². The van der Waals surface area contributed by atoms with E-state index in [9.17, 15) is 4.79 Å². The van der Waals surface area contributed by atoms with Crippen molar-refractivity contribution in [3.63, 3.8) is 0 Å². The fourth-order valence-electron chi connectivity index (χ4n) is 3.99. The minimum absolute atomic E-state index is 0.0952. The summed E-state index contributed by atoms with van der Waals surface area (Å²) in [4.78, 5) is 13.8. The molecule has 4 nitrogen and oxygen atoms in total. The predicted octanol–water partition coefficient (Wildman–Crippen LogP) is 2.75. The molecule has 21 heavy (non-hydrogen) atoms. The number of carbonyl (C=O) groups excluding carboxylic acids is 1. The normalized spacial score (nSPS) is 28.8. The smallest absolute Gasteiger partial charge is 0.222 e. The molecule has 0 unspecified atom stereocenters. The summed E-state index contributed by atoms with van der Waals surface area (Å²) < 4.78 is 12.1. The number of carbonyl (C=O) groups is 1. The van der Waals surface area contributed by atoms with Crippen LogP contribution in [0.3, 0.4) is 0 Å². The molecule has 0 aromatic heterocycles. The zero-order valence-corrected chi connectivity index (χ0v) is 13.3. The van der Waals surface area contributed by atoms with Crippen LogP contribution in [-0.2, 0) is 14.3 Å². The second kappa shape index (κ2) is 6.66. The molecule has 3 aliphatic rings. The van der Waals surface area contributed by atoms with Crippen LogP contribution in [0.1, 0.15) is 58.3 Å². The quantitative estimate of drug-likeness (QED) is 0.783. The second-order valence-corrected chi connectivity index (χ2v) is 7.13. The maximum atomic E-state index is 11.9. The molecule has 0 aromatic carbocycles. The molecule has 0 bridgehead atoms. The number of rotatable bonds is 5. The summed E-state index contributed by atoms with van der Waals surface area (Å²) in [6.07, 6.45) is 9.34. The lowest BCUT2D eigenvalue weighted by atomic mass is 9.84. The van der Waals surface area contributed by atoms with E-state index in [0.717, 1.165) is 51.5 Å². The molecule has 0 radical (unpaired) electrons. The zero-order valence-electron chi connectivity index (χ0n) is 13.3. The van der Waals surface area contributed by atoms with Gasteiger partial charge in [-0.05, 0) is 31.6 Å². The van der Waals surface area contributed by atoms with Crippen LogP contribution in [0.25, 0.3) is 0 Å². The first-order valence-electron chi connectivity index (χ1n) is 8.74. The first-order valence-corrected chi connectivity index (χ1v) is 8.74. The number of ether oxygens (including phenoxy) is 2. The number of likely N-dealkylation sites (tertiary alicyclic amines) is 1. The van der Waals surface area contributed by atoms with Crippen molar-refractivity contribution >= 4 is 5.91 Å². The number of amides is 1. The summed E-state index contributed by atoms with van der Waals surface area (Å²) in [5.74, 6) is 1.06. The highest BCUT2D eigenvalue weighted by Crippen LogP contribution is 2.36. The second-order valence-electron chi connectivity index (χ2n) is 7.13. The number of nitrogens with zero attached hydrogens (tertiary/aromatic N) is 1. The predicted molar refractivity (Wildman–Crippen MR) is 81.1 cm³/mol. The van der Waals surface area contributed by atoms with Crippen molar-refractivity contribution < 1.29 is 14.3 Å². The lowest BCUT2D eigenvalue weighted by Gasteiger charge is -2.53. The van der Waals surface area contributed by atoms with E-state index in [4.69, 9.17) is 9.47 Å². The van der Waals surface area contributed by atoms with Crippen LogP contribution < -0.4 is 0 Å². The Morgan fingerprint density at radius 1 is 1.29 bits per heavy atom. The highest BCUT2D eigenvalue weighted by molar-refractivity contribution is 5.77. The minimum atomic E-state index is -0.0952. The molecule has 0 N–H and O–H groups in total. The summed E-state index contributed by atoms with van der Waals surface area (Å²) in [6.45, 7) is 5.31. The van der Waals surface area contributed by atoms with Gasteiger partial charge in [0.05, 0.1) is 19.2 Å². The van der Waals surface area contributed by atoms with E-state index in [1.54, 1.807) is 0 Å². The largest absolute Gasteiger partial charge is 0.378 e. The van der Waals surface area contributed by atoms with E-state index < -0.39 is 0 Å². The van der Waals surface area contributed by atoms with Crippen molar-refractivity contribution in [2.75, 3.05) is 26.3 Å². The Labute approximate surface area is 128 Å². The Morgan fingerprint density at radius 3 is 2.76 bits per heavy atom. The topological polar surface area (TPSA) is 38.8 Å². The maximum absolute atomic E-state index is 11.9. The van der Waals surface area contributed by atoms with Gasteiger partial charge in [0.15, 0.2) is 0 Å². The summed E-state index contributed by atoms with van der Waals surface area (Å²) >= 11 is 0. The van der Waals surface area contributed by atoms with Gasteiger partial charge in [-0.1, -0.05) is 19.8 Å². The molecule has 1 saturated carbocycles. The summed E-state index contributed by atoms with van der Waals surface area (Å²) in [6, 6.07) is 0. The van der Waals surface area contributed by atoms with E-state index in [1.807, 2.05) is 4.90 Å². The highest BCUT2D eigenvalue weighted by Gasteiger charge is 2.49. The molecule has 1 aliphatic carbocycles. The van der Waals surface area contributed by atoms with Crippen molar-refractivity contribution in [3.8, 4) is 0 Å². The fraction of sp³-hybridized carbons (Fsp3) is 0.941. The average Bonchev–Trinajstić information content (AvgIpc) is 2.96. The molecule has 3 rings (SSSR count). The molecule has 120 valence electrons. The van der Waals surface area contributed by atoms with Crippen LogP contribution in [0.2, 0.25) is 0 Å². The molecule has 2 aliphatic heterocycles. The summed E-state index contributed by atoms with van der Waals surface area (Å²) in [5.41, 5.74) is -0.0952. The Morgan fingerprint density at radius 2 is 2.05 bits per heavy atom. The van der Waals surface area contributed by atoms with Gasteiger partial charge in [-0.3, -0.25) is 4.79 Å². The lowest BCUT2D eigenvalue weighted by molar-refractivity contribution is -0.202. The summed E-state index contributed by atoms with van der Waals surface area (Å²) in [5, 5.41) is 0. The van der Waals surface area contributed by atoms with E-state index >= 15 is 0 Å². The molecule has 2 saturated heterocycles. The van der Waals surface area contributed by atoms with Crippen LogP contribution in [0.5, 0.6) is 0 Å². The van der Waals surface area contributed by atoms with Crippen molar-refractivity contribution in [1.29, 1.82) is 0 Å². The molecule has 0 aromatic rings. The van der Waals surface area contributed by atoms with Gasteiger partial charge in [-0.25, -0.2) is 0 Å². The van der Waals surface area contributed by atoms with Crippen molar-refractivity contribution in [3.05, 3.63) is 0 Å². The molecule has 4 heteroatoms. The molecule has 2 heterocycles. The average molecular weight is 295 g/mol. The van der Waals surface area contributed by atoms with Gasteiger partial charge in [0.1, 0.15) is 5.60 Å². The van der Waals surface area contributed by atoms with Crippen molar-refractivity contribution in [2.24, 2.45) is 5.92 Å². The Kier molecular flexibility index (Phi) is 4.85. The third-order valence-corrected chi connectivity index (χ3v) is 5.26. The standard InChI is InChI=1S/C17H29NO3/c1-2-5-16(19)18-12-17(13-18)10-15(8-9-21-17)20-11-14-6-3-4-7-14/h14-15H,2-13H2,1H3/t15-/m0/s1. The first kappa shape index (κ1) is 15.3. The van der Waals surface area contributed by atoms with Gasteiger partial charge in [0.25, 0.3) is 0 Å². The molecule has 1 atom stereocenters. The maximum Gasteiger partial charge on any atom is 0.222 e. The van der Waals surface area contributed by atoms with Gasteiger partial charge in [-0.2, -0.15) is 0 Å². The number of hydrogen-bond donors (Lipinski definition) is 0. The highest BCUT2D eigenvalue weighted by atomic mass is 16.5.